The average Bonchev–Trinajstić information content (AvgIpc) is 2.74. The first-order valence-electron chi connectivity index (χ1n) is 5.08. The van der Waals surface area contributed by atoms with Gasteiger partial charge in [-0.2, -0.15) is 5.26 Å². The number of aryl methyl sites for hydroxylation is 1. The smallest absolute Gasteiger partial charge is 0.264 e. The lowest BCUT2D eigenvalue weighted by Gasteiger charge is -2.06. The molecule has 0 saturated heterocycles. The maximum atomic E-state index is 12.1. The largest absolute Gasteiger partial charge is 0.360 e. The summed E-state index contributed by atoms with van der Waals surface area (Å²) in [4.78, 5) is -0.186. The van der Waals surface area contributed by atoms with Gasteiger partial charge in [0.05, 0.1) is 16.7 Å². The van der Waals surface area contributed by atoms with E-state index in [1.54, 1.807) is 6.92 Å². The minimum Gasteiger partial charge on any atom is -0.360 e. The summed E-state index contributed by atoms with van der Waals surface area (Å²) in [7, 11) is -3.92. The summed E-state index contributed by atoms with van der Waals surface area (Å²) in [6, 6.07) is 7.25. The zero-order valence-electron chi connectivity index (χ0n) is 9.71. The van der Waals surface area contributed by atoms with E-state index in [9.17, 15) is 8.42 Å². The first-order valence-corrected chi connectivity index (χ1v) is 6.94. The quantitative estimate of drug-likeness (QED) is 0.937. The van der Waals surface area contributed by atoms with Gasteiger partial charge in [-0.1, -0.05) is 16.8 Å². The van der Waals surface area contributed by atoms with Gasteiger partial charge in [0.25, 0.3) is 10.0 Å². The molecular formula is C11H8ClN3O3S. The maximum Gasteiger partial charge on any atom is 0.264 e. The fourth-order valence-corrected chi connectivity index (χ4v) is 2.90. The first kappa shape index (κ1) is 13.4. The van der Waals surface area contributed by atoms with Gasteiger partial charge in [-0.15, -0.1) is 0 Å². The predicted octanol–water partition coefficient (Wildman–Crippen LogP) is 2.31. The number of halogens is 1. The van der Waals surface area contributed by atoms with Crippen molar-refractivity contribution in [2.24, 2.45) is 0 Å². The number of nitrogens with one attached hydrogen (secondary N) is 1. The van der Waals surface area contributed by atoms with Crippen LogP contribution >= 0.6 is 11.6 Å². The molecule has 0 aliphatic carbocycles. The van der Waals surface area contributed by atoms with Gasteiger partial charge in [0, 0.05) is 6.07 Å². The van der Waals surface area contributed by atoms with Gasteiger partial charge in [0.15, 0.2) is 5.82 Å². The Labute approximate surface area is 114 Å². The molecule has 0 aliphatic rings. The van der Waals surface area contributed by atoms with Gasteiger partial charge in [-0.05, 0) is 25.1 Å². The molecule has 0 fully saturated rings. The van der Waals surface area contributed by atoms with E-state index >= 15 is 0 Å². The highest BCUT2D eigenvalue weighted by Crippen LogP contribution is 2.24. The number of anilines is 1. The average molecular weight is 298 g/mol. The summed E-state index contributed by atoms with van der Waals surface area (Å²) in [6.07, 6.45) is 0. The van der Waals surface area contributed by atoms with Crippen LogP contribution in [-0.4, -0.2) is 13.6 Å². The molecule has 2 rings (SSSR count). The maximum absolute atomic E-state index is 12.1. The van der Waals surface area contributed by atoms with Gasteiger partial charge in [-0.25, -0.2) is 8.42 Å². The summed E-state index contributed by atoms with van der Waals surface area (Å²) < 4.78 is 31.2. The Bertz CT molecular complexity index is 762. The van der Waals surface area contributed by atoms with Crippen molar-refractivity contribution in [1.29, 1.82) is 5.26 Å². The molecule has 0 radical (unpaired) electrons. The number of hydrogen-bond acceptors (Lipinski definition) is 5. The highest BCUT2D eigenvalue weighted by atomic mass is 35.5. The van der Waals surface area contributed by atoms with E-state index in [0.29, 0.717) is 5.76 Å². The van der Waals surface area contributed by atoms with E-state index < -0.39 is 10.0 Å². The number of benzene rings is 1. The number of aromatic nitrogens is 1. The molecule has 0 atom stereocenters. The van der Waals surface area contributed by atoms with Crippen LogP contribution in [0.5, 0.6) is 0 Å². The molecule has 6 nitrogen and oxygen atoms in total. The van der Waals surface area contributed by atoms with Crippen molar-refractivity contribution < 1.29 is 12.9 Å². The van der Waals surface area contributed by atoms with Crippen LogP contribution in [0.2, 0.25) is 5.02 Å². The second-order valence-corrected chi connectivity index (χ2v) is 5.74. The Morgan fingerprint density at radius 2 is 2.16 bits per heavy atom. The summed E-state index contributed by atoms with van der Waals surface area (Å²) in [5.74, 6) is 0.519. The highest BCUT2D eigenvalue weighted by Gasteiger charge is 2.20. The van der Waals surface area contributed by atoms with Crippen LogP contribution in [0.3, 0.4) is 0 Å². The van der Waals surface area contributed by atoms with E-state index in [4.69, 9.17) is 21.4 Å². The molecule has 0 amide bonds. The molecule has 98 valence electrons. The Balaban J connectivity index is 2.42. The Hall–Kier alpha value is -2.04. The van der Waals surface area contributed by atoms with Crippen LogP contribution < -0.4 is 4.72 Å². The second-order valence-electron chi connectivity index (χ2n) is 3.69. The van der Waals surface area contributed by atoms with Crippen LogP contribution in [0.1, 0.15) is 11.3 Å². The van der Waals surface area contributed by atoms with Crippen LogP contribution in [0.4, 0.5) is 5.82 Å². The first-order chi connectivity index (χ1) is 8.92. The van der Waals surface area contributed by atoms with Gasteiger partial charge >= 0.3 is 0 Å². The normalized spacial score (nSPS) is 11.0. The molecule has 8 heteroatoms. The monoisotopic (exact) mass is 297 g/mol. The van der Waals surface area contributed by atoms with Crippen LogP contribution in [-0.2, 0) is 10.0 Å². The molecule has 1 heterocycles. The molecule has 0 saturated carbocycles. The summed E-state index contributed by atoms with van der Waals surface area (Å²) >= 11 is 5.84. The van der Waals surface area contributed by atoms with Crippen molar-refractivity contribution in [3.8, 4) is 6.07 Å². The number of sulfonamides is 1. The number of nitriles is 1. The molecule has 1 aromatic carbocycles. The summed E-state index contributed by atoms with van der Waals surface area (Å²) in [5.41, 5.74) is 0.195. The predicted molar refractivity (Wildman–Crippen MR) is 68.2 cm³/mol. The standard InChI is InChI=1S/C11H8ClN3O3S/c1-7-4-11(14-18-7)15-19(16,17)10-5-8(6-13)2-3-9(10)12/h2-5H,1H3,(H,14,15). The molecule has 1 aromatic heterocycles. The lowest BCUT2D eigenvalue weighted by Crippen LogP contribution is -2.13. The lowest BCUT2D eigenvalue weighted by molar-refractivity contribution is 0.400. The SMILES string of the molecule is Cc1cc(NS(=O)(=O)c2cc(C#N)ccc2Cl)no1. The zero-order valence-corrected chi connectivity index (χ0v) is 11.3. The molecule has 0 unspecified atom stereocenters. The fraction of sp³-hybridized carbons (Fsp3) is 0.0909. The molecule has 1 N–H and O–H groups in total. The third kappa shape index (κ3) is 2.86. The number of rotatable bonds is 3. The van der Waals surface area contributed by atoms with E-state index in [0.717, 1.165) is 0 Å². The van der Waals surface area contributed by atoms with E-state index in [2.05, 4.69) is 9.88 Å². The molecule has 0 aliphatic heterocycles. The van der Waals surface area contributed by atoms with Crippen LogP contribution in [0.15, 0.2) is 33.7 Å². The van der Waals surface area contributed by atoms with Crippen molar-refractivity contribution in [3.63, 3.8) is 0 Å². The molecular weight excluding hydrogens is 290 g/mol. The number of hydrogen-bond donors (Lipinski definition) is 1. The van der Waals surface area contributed by atoms with E-state index in [-0.39, 0.29) is 21.3 Å². The van der Waals surface area contributed by atoms with Crippen LogP contribution in [0, 0.1) is 18.3 Å². The molecule has 0 spiro atoms. The van der Waals surface area contributed by atoms with Crippen molar-refractivity contribution in [2.45, 2.75) is 11.8 Å². The minimum absolute atomic E-state index is 0.0201. The van der Waals surface area contributed by atoms with Crippen molar-refractivity contribution in [2.75, 3.05) is 4.72 Å². The molecule has 2 aromatic rings. The molecule has 0 bridgehead atoms. The Morgan fingerprint density at radius 1 is 1.42 bits per heavy atom. The third-order valence-corrected chi connectivity index (χ3v) is 4.05. The molecule has 19 heavy (non-hydrogen) atoms. The fourth-order valence-electron chi connectivity index (χ4n) is 1.39. The highest BCUT2D eigenvalue weighted by molar-refractivity contribution is 7.92. The third-order valence-electron chi connectivity index (χ3n) is 2.22. The minimum atomic E-state index is -3.92. The van der Waals surface area contributed by atoms with E-state index in [1.807, 2.05) is 6.07 Å². The van der Waals surface area contributed by atoms with E-state index in [1.165, 1.54) is 24.3 Å². The Kier molecular flexibility index (Phi) is 3.46. The van der Waals surface area contributed by atoms with Gasteiger partial charge in [0.2, 0.25) is 0 Å². The van der Waals surface area contributed by atoms with Crippen molar-refractivity contribution in [1.82, 2.24) is 5.16 Å². The lowest BCUT2D eigenvalue weighted by atomic mass is 10.2. The van der Waals surface area contributed by atoms with Gasteiger partial charge < -0.3 is 4.52 Å². The van der Waals surface area contributed by atoms with Gasteiger partial charge in [0.1, 0.15) is 10.7 Å². The Morgan fingerprint density at radius 3 is 2.74 bits per heavy atom. The second kappa shape index (κ2) is 4.91. The van der Waals surface area contributed by atoms with Crippen molar-refractivity contribution >= 4 is 27.4 Å². The van der Waals surface area contributed by atoms with Gasteiger partial charge in [-0.3, -0.25) is 4.72 Å². The summed E-state index contributed by atoms with van der Waals surface area (Å²) in [5, 5.41) is 12.3. The summed E-state index contributed by atoms with van der Waals surface area (Å²) in [6.45, 7) is 1.63. The zero-order chi connectivity index (χ0) is 14.0. The topological polar surface area (TPSA) is 96.0 Å². The van der Waals surface area contributed by atoms with Crippen molar-refractivity contribution in [3.05, 3.63) is 40.6 Å². The number of nitrogens with zero attached hydrogens (tertiary/aromatic N) is 2. The van der Waals surface area contributed by atoms with Crippen LogP contribution in [0.25, 0.3) is 0 Å².